The van der Waals surface area contributed by atoms with E-state index in [2.05, 4.69) is 5.32 Å². The average molecular weight is 366 g/mol. The molecular formula is C21H22N2O4. The predicted octanol–water partition coefficient (Wildman–Crippen LogP) is 1.82. The summed E-state index contributed by atoms with van der Waals surface area (Å²) in [6, 6.07) is 14.5. The number of carbonyl (C=O) groups is 2. The van der Waals surface area contributed by atoms with Gasteiger partial charge in [-0.05, 0) is 35.4 Å². The van der Waals surface area contributed by atoms with Crippen LogP contribution in [0.2, 0.25) is 0 Å². The predicted molar refractivity (Wildman–Crippen MR) is 100 cm³/mol. The Bertz CT molecular complexity index is 865. The van der Waals surface area contributed by atoms with Crippen molar-refractivity contribution in [3.63, 3.8) is 0 Å². The molecule has 2 amide bonds. The minimum Gasteiger partial charge on any atom is -0.497 e. The summed E-state index contributed by atoms with van der Waals surface area (Å²) in [6.07, 6.45) is 0.0616. The van der Waals surface area contributed by atoms with Crippen LogP contribution in [0.25, 0.3) is 0 Å². The number of nitrogens with one attached hydrogen (secondary N) is 1. The molecular weight excluding hydrogens is 344 g/mol. The van der Waals surface area contributed by atoms with Gasteiger partial charge in [0, 0.05) is 25.1 Å². The van der Waals surface area contributed by atoms with E-state index < -0.39 is 18.1 Å². The summed E-state index contributed by atoms with van der Waals surface area (Å²) in [4.78, 5) is 26.8. The van der Waals surface area contributed by atoms with E-state index in [1.165, 1.54) is 0 Å². The van der Waals surface area contributed by atoms with Crippen LogP contribution < -0.4 is 15.0 Å². The first-order valence-electron chi connectivity index (χ1n) is 9.07. The lowest BCUT2D eigenvalue weighted by Gasteiger charge is -2.21. The second kappa shape index (κ2) is 7.04. The zero-order chi connectivity index (χ0) is 19.0. The summed E-state index contributed by atoms with van der Waals surface area (Å²) in [5, 5.41) is 13.3. The molecule has 2 aromatic rings. The first-order valence-corrected chi connectivity index (χ1v) is 9.07. The van der Waals surface area contributed by atoms with Gasteiger partial charge in [0.25, 0.3) is 0 Å². The number of hydrogen-bond acceptors (Lipinski definition) is 4. The van der Waals surface area contributed by atoms with Crippen LogP contribution >= 0.6 is 0 Å². The van der Waals surface area contributed by atoms with Gasteiger partial charge in [0.2, 0.25) is 11.8 Å². The van der Waals surface area contributed by atoms with Crippen molar-refractivity contribution in [2.24, 2.45) is 5.92 Å². The molecule has 3 atom stereocenters. The normalized spacial score (nSPS) is 24.0. The SMILES string of the molecule is COc1ccc(N2CC(C(=O)NC3c4ccccc4CC3O)CC2=O)cc1. The first-order chi connectivity index (χ1) is 13.1. The van der Waals surface area contributed by atoms with Crippen molar-refractivity contribution >= 4 is 17.5 Å². The molecule has 0 spiro atoms. The van der Waals surface area contributed by atoms with Gasteiger partial charge in [0.1, 0.15) is 5.75 Å². The minimum absolute atomic E-state index is 0.0762. The van der Waals surface area contributed by atoms with E-state index in [0.29, 0.717) is 18.7 Å². The Kier molecular flexibility index (Phi) is 4.58. The van der Waals surface area contributed by atoms with Crippen LogP contribution in [0.15, 0.2) is 48.5 Å². The van der Waals surface area contributed by atoms with E-state index in [-0.39, 0.29) is 18.2 Å². The number of fused-ring (bicyclic) bond motifs is 1. The highest BCUT2D eigenvalue weighted by atomic mass is 16.5. The fraction of sp³-hybridized carbons (Fsp3) is 0.333. The molecule has 3 unspecified atom stereocenters. The smallest absolute Gasteiger partial charge is 0.227 e. The number of rotatable bonds is 4. The van der Waals surface area contributed by atoms with Crippen molar-refractivity contribution in [2.75, 3.05) is 18.6 Å². The van der Waals surface area contributed by atoms with Crippen molar-refractivity contribution in [2.45, 2.75) is 25.0 Å². The molecule has 27 heavy (non-hydrogen) atoms. The van der Waals surface area contributed by atoms with Crippen LogP contribution in [-0.2, 0) is 16.0 Å². The molecule has 4 rings (SSSR count). The zero-order valence-corrected chi connectivity index (χ0v) is 15.1. The first kappa shape index (κ1) is 17.5. The van der Waals surface area contributed by atoms with Gasteiger partial charge in [-0.25, -0.2) is 0 Å². The summed E-state index contributed by atoms with van der Waals surface area (Å²) in [5.41, 5.74) is 2.76. The van der Waals surface area contributed by atoms with Gasteiger partial charge in [-0.3, -0.25) is 9.59 Å². The van der Waals surface area contributed by atoms with Crippen molar-refractivity contribution in [3.8, 4) is 5.75 Å². The molecule has 0 bridgehead atoms. The van der Waals surface area contributed by atoms with Crippen LogP contribution in [0.4, 0.5) is 5.69 Å². The molecule has 0 aromatic heterocycles. The number of hydrogen-bond donors (Lipinski definition) is 2. The molecule has 2 N–H and O–H groups in total. The van der Waals surface area contributed by atoms with E-state index in [0.717, 1.165) is 16.8 Å². The Hall–Kier alpha value is -2.86. The van der Waals surface area contributed by atoms with Crippen molar-refractivity contribution in [1.29, 1.82) is 0 Å². The number of carbonyl (C=O) groups excluding carboxylic acids is 2. The van der Waals surface area contributed by atoms with Crippen LogP contribution in [-0.4, -0.2) is 36.7 Å². The van der Waals surface area contributed by atoms with Gasteiger partial charge in [-0.1, -0.05) is 24.3 Å². The number of anilines is 1. The fourth-order valence-corrected chi connectivity index (χ4v) is 3.91. The third kappa shape index (κ3) is 3.28. The zero-order valence-electron chi connectivity index (χ0n) is 15.1. The molecule has 1 heterocycles. The molecule has 1 saturated heterocycles. The Morgan fingerprint density at radius 1 is 1.15 bits per heavy atom. The second-order valence-corrected chi connectivity index (χ2v) is 7.06. The van der Waals surface area contributed by atoms with Gasteiger partial charge in [0.05, 0.1) is 25.2 Å². The third-order valence-electron chi connectivity index (χ3n) is 5.38. The van der Waals surface area contributed by atoms with Crippen molar-refractivity contribution in [3.05, 3.63) is 59.7 Å². The number of aliphatic hydroxyl groups excluding tert-OH is 1. The van der Waals surface area contributed by atoms with Gasteiger partial charge in [-0.2, -0.15) is 0 Å². The van der Waals surface area contributed by atoms with Crippen LogP contribution in [0, 0.1) is 5.92 Å². The molecule has 1 fully saturated rings. The molecule has 140 valence electrons. The number of methoxy groups -OCH3 is 1. The molecule has 2 aromatic carbocycles. The third-order valence-corrected chi connectivity index (χ3v) is 5.38. The Labute approximate surface area is 157 Å². The average Bonchev–Trinajstić information content (AvgIpc) is 3.22. The second-order valence-electron chi connectivity index (χ2n) is 7.06. The van der Waals surface area contributed by atoms with Crippen LogP contribution in [0.3, 0.4) is 0 Å². The number of ether oxygens (including phenoxy) is 1. The standard InChI is InChI=1S/C21H22N2O4/c1-27-16-8-6-15(7-9-16)23-12-14(11-19(23)25)21(26)22-20-17-5-3-2-4-13(17)10-18(20)24/h2-9,14,18,20,24H,10-12H2,1H3,(H,22,26). The highest BCUT2D eigenvalue weighted by Crippen LogP contribution is 2.32. The van der Waals surface area contributed by atoms with Crippen LogP contribution in [0.1, 0.15) is 23.6 Å². The highest BCUT2D eigenvalue weighted by Gasteiger charge is 2.38. The summed E-state index contributed by atoms with van der Waals surface area (Å²) < 4.78 is 5.14. The quantitative estimate of drug-likeness (QED) is 0.865. The van der Waals surface area contributed by atoms with E-state index >= 15 is 0 Å². The number of benzene rings is 2. The van der Waals surface area contributed by atoms with Gasteiger partial charge in [0.15, 0.2) is 0 Å². The molecule has 2 aliphatic rings. The fourth-order valence-electron chi connectivity index (χ4n) is 3.91. The van der Waals surface area contributed by atoms with E-state index in [1.807, 2.05) is 36.4 Å². The van der Waals surface area contributed by atoms with Gasteiger partial charge >= 0.3 is 0 Å². The van der Waals surface area contributed by atoms with Crippen molar-refractivity contribution in [1.82, 2.24) is 5.32 Å². The van der Waals surface area contributed by atoms with Gasteiger partial charge < -0.3 is 20.1 Å². The maximum atomic E-state index is 12.8. The maximum Gasteiger partial charge on any atom is 0.227 e. The Balaban J connectivity index is 1.45. The molecule has 1 aliphatic carbocycles. The number of aliphatic hydroxyl groups is 1. The van der Waals surface area contributed by atoms with Crippen LogP contribution in [0.5, 0.6) is 5.75 Å². The monoisotopic (exact) mass is 366 g/mol. The lowest BCUT2D eigenvalue weighted by molar-refractivity contribution is -0.127. The molecule has 0 saturated carbocycles. The lowest BCUT2D eigenvalue weighted by atomic mass is 10.0. The van der Waals surface area contributed by atoms with E-state index in [9.17, 15) is 14.7 Å². The molecule has 1 aliphatic heterocycles. The highest BCUT2D eigenvalue weighted by molar-refractivity contribution is 6.00. The number of amides is 2. The Morgan fingerprint density at radius 2 is 1.89 bits per heavy atom. The van der Waals surface area contributed by atoms with E-state index in [4.69, 9.17) is 4.74 Å². The Morgan fingerprint density at radius 3 is 2.63 bits per heavy atom. The maximum absolute atomic E-state index is 12.8. The lowest BCUT2D eigenvalue weighted by Crippen LogP contribution is -2.38. The number of nitrogens with zero attached hydrogens (tertiary/aromatic N) is 1. The summed E-state index contributed by atoms with van der Waals surface area (Å²) in [5.74, 6) is 0.0148. The van der Waals surface area contributed by atoms with Gasteiger partial charge in [-0.15, -0.1) is 0 Å². The minimum atomic E-state index is -0.638. The summed E-state index contributed by atoms with van der Waals surface area (Å²) in [7, 11) is 1.59. The molecule has 6 heteroatoms. The molecule has 0 radical (unpaired) electrons. The van der Waals surface area contributed by atoms with Crippen molar-refractivity contribution < 1.29 is 19.4 Å². The largest absolute Gasteiger partial charge is 0.497 e. The summed E-state index contributed by atoms with van der Waals surface area (Å²) >= 11 is 0. The summed E-state index contributed by atoms with van der Waals surface area (Å²) in [6.45, 7) is 0.335. The molecule has 6 nitrogen and oxygen atoms in total. The topological polar surface area (TPSA) is 78.9 Å². The van der Waals surface area contributed by atoms with E-state index in [1.54, 1.807) is 24.1 Å².